The van der Waals surface area contributed by atoms with Gasteiger partial charge in [0.05, 0.1) is 0 Å². The molecule has 0 saturated carbocycles. The van der Waals surface area contributed by atoms with Gasteiger partial charge in [-0.2, -0.15) is 0 Å². The molecule has 94 valence electrons. The van der Waals surface area contributed by atoms with E-state index >= 15 is 0 Å². The van der Waals surface area contributed by atoms with E-state index in [2.05, 4.69) is 4.98 Å². The summed E-state index contributed by atoms with van der Waals surface area (Å²) in [5.74, 6) is -0.242. The molecule has 0 saturated heterocycles. The van der Waals surface area contributed by atoms with Gasteiger partial charge in [0.1, 0.15) is 0 Å². The summed E-state index contributed by atoms with van der Waals surface area (Å²) in [6.07, 6.45) is 0.248. The van der Waals surface area contributed by atoms with Crippen LogP contribution in [-0.2, 0) is 4.74 Å². The van der Waals surface area contributed by atoms with Crippen molar-refractivity contribution in [3.05, 3.63) is 36.0 Å². The van der Waals surface area contributed by atoms with Gasteiger partial charge in [-0.1, -0.05) is 25.1 Å². The number of amides is 1. The Morgan fingerprint density at radius 1 is 1.39 bits per heavy atom. The minimum atomic E-state index is -0.935. The maximum atomic E-state index is 12.2. The van der Waals surface area contributed by atoms with Gasteiger partial charge in [-0.25, -0.2) is 4.79 Å². The Morgan fingerprint density at radius 3 is 2.78 bits per heavy atom. The number of hydrogen-bond donors (Lipinski definition) is 2. The molecule has 0 aliphatic heterocycles. The summed E-state index contributed by atoms with van der Waals surface area (Å²) in [4.78, 5) is 26.0. The Bertz CT molecular complexity index is 589. The van der Waals surface area contributed by atoms with E-state index in [4.69, 9.17) is 10.5 Å². The standard InChI is InChI=1S/C13H14N2O3/c1-2-11(18-13(14)17)12(16)9-7-15-10-6-4-3-5-8(9)10/h3-7,11,15H,2H2,1H3,(H2,14,17)/t11-/m1/s1. The van der Waals surface area contributed by atoms with Gasteiger partial charge < -0.3 is 15.5 Å². The molecule has 0 fully saturated rings. The van der Waals surface area contributed by atoms with Crippen molar-refractivity contribution in [1.82, 2.24) is 4.98 Å². The smallest absolute Gasteiger partial charge is 0.405 e. The summed E-state index contributed by atoms with van der Waals surface area (Å²) >= 11 is 0. The lowest BCUT2D eigenvalue weighted by Gasteiger charge is -2.12. The summed E-state index contributed by atoms with van der Waals surface area (Å²) in [6.45, 7) is 1.76. The van der Waals surface area contributed by atoms with Crippen LogP contribution in [0.1, 0.15) is 23.7 Å². The van der Waals surface area contributed by atoms with Crippen molar-refractivity contribution in [3.8, 4) is 0 Å². The molecular formula is C13H14N2O3. The van der Waals surface area contributed by atoms with Gasteiger partial charge in [-0.15, -0.1) is 0 Å². The Kier molecular flexibility index (Phi) is 3.32. The summed E-state index contributed by atoms with van der Waals surface area (Å²) < 4.78 is 4.81. The number of ether oxygens (including phenoxy) is 1. The van der Waals surface area contributed by atoms with E-state index < -0.39 is 12.2 Å². The number of aromatic nitrogens is 1. The molecule has 18 heavy (non-hydrogen) atoms. The molecule has 0 bridgehead atoms. The summed E-state index contributed by atoms with van der Waals surface area (Å²) in [7, 11) is 0. The molecule has 5 nitrogen and oxygen atoms in total. The molecule has 0 aliphatic rings. The molecule has 0 aliphatic carbocycles. The molecule has 0 radical (unpaired) electrons. The SMILES string of the molecule is CC[C@@H](OC(N)=O)C(=O)c1c[nH]c2ccccc12. The third kappa shape index (κ3) is 2.20. The Labute approximate surface area is 104 Å². The number of hydrogen-bond acceptors (Lipinski definition) is 3. The highest BCUT2D eigenvalue weighted by Crippen LogP contribution is 2.20. The van der Waals surface area contributed by atoms with E-state index in [9.17, 15) is 9.59 Å². The Hall–Kier alpha value is -2.30. The van der Waals surface area contributed by atoms with E-state index in [1.807, 2.05) is 24.3 Å². The van der Waals surface area contributed by atoms with Gasteiger partial charge in [0.15, 0.2) is 6.10 Å². The van der Waals surface area contributed by atoms with Crippen LogP contribution >= 0.6 is 0 Å². The Balaban J connectivity index is 2.35. The van der Waals surface area contributed by atoms with Crippen LogP contribution in [0.5, 0.6) is 0 Å². The van der Waals surface area contributed by atoms with Crippen molar-refractivity contribution in [1.29, 1.82) is 0 Å². The van der Waals surface area contributed by atoms with Crippen molar-refractivity contribution in [3.63, 3.8) is 0 Å². The number of Topliss-reactive ketones (excluding diaryl/α,β-unsaturated/α-hetero) is 1. The fraction of sp³-hybridized carbons (Fsp3) is 0.231. The van der Waals surface area contributed by atoms with Crippen LogP contribution < -0.4 is 5.73 Å². The maximum Gasteiger partial charge on any atom is 0.405 e. The molecule has 5 heteroatoms. The van der Waals surface area contributed by atoms with Crippen molar-refractivity contribution in [2.24, 2.45) is 5.73 Å². The third-order valence-corrected chi connectivity index (χ3v) is 2.78. The molecule has 2 rings (SSSR count). The molecule has 1 amide bonds. The molecule has 1 heterocycles. The second-order valence-corrected chi connectivity index (χ2v) is 3.95. The molecular weight excluding hydrogens is 232 g/mol. The first-order chi connectivity index (χ1) is 8.63. The summed E-state index contributed by atoms with van der Waals surface area (Å²) in [5.41, 5.74) is 6.33. The van der Waals surface area contributed by atoms with E-state index in [1.165, 1.54) is 0 Å². The van der Waals surface area contributed by atoms with Crippen LogP contribution in [0.3, 0.4) is 0 Å². The van der Waals surface area contributed by atoms with Crippen molar-refractivity contribution in [2.75, 3.05) is 0 Å². The molecule has 1 aromatic carbocycles. The lowest BCUT2D eigenvalue weighted by atomic mass is 10.0. The molecule has 0 unspecified atom stereocenters. The summed E-state index contributed by atoms with van der Waals surface area (Å²) in [5, 5.41) is 0.814. The third-order valence-electron chi connectivity index (χ3n) is 2.78. The van der Waals surface area contributed by atoms with E-state index in [0.717, 1.165) is 10.9 Å². The molecule has 2 aromatic rings. The zero-order valence-electron chi connectivity index (χ0n) is 9.97. The number of rotatable bonds is 4. The first kappa shape index (κ1) is 12.2. The molecule has 1 aromatic heterocycles. The number of H-pyrrole nitrogens is 1. The predicted octanol–water partition coefficient (Wildman–Crippen LogP) is 2.22. The Morgan fingerprint density at radius 2 is 2.11 bits per heavy atom. The minimum Gasteiger partial charge on any atom is -0.438 e. The lowest BCUT2D eigenvalue weighted by molar-refractivity contribution is 0.0648. The molecule has 1 atom stereocenters. The monoisotopic (exact) mass is 246 g/mol. The van der Waals surface area contributed by atoms with Crippen LogP contribution in [-0.4, -0.2) is 23.0 Å². The number of para-hydroxylation sites is 1. The maximum absolute atomic E-state index is 12.2. The quantitative estimate of drug-likeness (QED) is 0.811. The number of carbonyl (C=O) groups excluding carboxylic acids is 2. The van der Waals surface area contributed by atoms with Crippen LogP contribution in [0.4, 0.5) is 4.79 Å². The van der Waals surface area contributed by atoms with Gasteiger partial charge >= 0.3 is 6.09 Å². The van der Waals surface area contributed by atoms with Crippen molar-refractivity contribution in [2.45, 2.75) is 19.4 Å². The average molecular weight is 246 g/mol. The zero-order chi connectivity index (χ0) is 13.1. The predicted molar refractivity (Wildman–Crippen MR) is 67.4 cm³/mol. The number of fused-ring (bicyclic) bond motifs is 1. The lowest BCUT2D eigenvalue weighted by Crippen LogP contribution is -2.29. The number of primary amides is 1. The van der Waals surface area contributed by atoms with E-state index in [-0.39, 0.29) is 5.78 Å². The fourth-order valence-electron chi connectivity index (χ4n) is 1.91. The highest BCUT2D eigenvalue weighted by Gasteiger charge is 2.23. The van der Waals surface area contributed by atoms with Crippen LogP contribution in [0.15, 0.2) is 30.5 Å². The number of ketones is 1. The number of nitrogens with two attached hydrogens (primary N) is 1. The topological polar surface area (TPSA) is 85.2 Å². The number of carbonyl (C=O) groups is 2. The number of aromatic amines is 1. The second kappa shape index (κ2) is 4.91. The first-order valence-electron chi connectivity index (χ1n) is 5.70. The minimum absolute atomic E-state index is 0.242. The van der Waals surface area contributed by atoms with E-state index in [1.54, 1.807) is 13.1 Å². The average Bonchev–Trinajstić information content (AvgIpc) is 2.78. The van der Waals surface area contributed by atoms with Gasteiger partial charge in [-0.3, -0.25) is 4.79 Å². The normalized spacial score (nSPS) is 12.3. The van der Waals surface area contributed by atoms with E-state index in [0.29, 0.717) is 12.0 Å². The summed E-state index contributed by atoms with van der Waals surface area (Å²) in [6, 6.07) is 7.45. The van der Waals surface area contributed by atoms with Crippen molar-refractivity contribution < 1.29 is 14.3 Å². The van der Waals surface area contributed by atoms with Gasteiger partial charge in [0, 0.05) is 22.7 Å². The van der Waals surface area contributed by atoms with Gasteiger partial charge in [0.2, 0.25) is 5.78 Å². The van der Waals surface area contributed by atoms with Gasteiger partial charge in [-0.05, 0) is 12.5 Å². The molecule has 0 spiro atoms. The van der Waals surface area contributed by atoms with Crippen LogP contribution in [0.2, 0.25) is 0 Å². The van der Waals surface area contributed by atoms with Gasteiger partial charge in [0.25, 0.3) is 0 Å². The van der Waals surface area contributed by atoms with Crippen molar-refractivity contribution >= 4 is 22.8 Å². The molecule has 3 N–H and O–H groups in total. The first-order valence-corrected chi connectivity index (χ1v) is 5.70. The number of benzene rings is 1. The fourth-order valence-corrected chi connectivity index (χ4v) is 1.91. The highest BCUT2D eigenvalue weighted by molar-refractivity contribution is 6.10. The largest absolute Gasteiger partial charge is 0.438 e. The highest BCUT2D eigenvalue weighted by atomic mass is 16.6. The second-order valence-electron chi connectivity index (χ2n) is 3.95. The van der Waals surface area contributed by atoms with Crippen LogP contribution in [0.25, 0.3) is 10.9 Å². The number of nitrogens with one attached hydrogen (secondary N) is 1. The zero-order valence-corrected chi connectivity index (χ0v) is 9.97. The van der Waals surface area contributed by atoms with Crippen LogP contribution in [0, 0.1) is 0 Å².